The number of carboxylic acid groups (broad SMARTS) is 1. The van der Waals surface area contributed by atoms with Crippen molar-refractivity contribution in [2.75, 3.05) is 7.11 Å². The Morgan fingerprint density at radius 3 is 2.60 bits per heavy atom. The topological polar surface area (TPSA) is 66.8 Å². The summed E-state index contributed by atoms with van der Waals surface area (Å²) in [5.41, 5.74) is 0.798. The Balaban J connectivity index is 3.27. The second-order valence-corrected chi connectivity index (χ2v) is 3.47. The molecule has 1 atom stereocenters. The van der Waals surface area contributed by atoms with Gasteiger partial charge in [-0.1, -0.05) is 11.6 Å². The number of carbonyl (C=O) groups is 1. The van der Waals surface area contributed by atoms with Crippen molar-refractivity contribution in [2.24, 2.45) is 0 Å². The van der Waals surface area contributed by atoms with Gasteiger partial charge in [0.25, 0.3) is 0 Å². The van der Waals surface area contributed by atoms with Gasteiger partial charge in [-0.25, -0.2) is 4.79 Å². The number of rotatable bonds is 3. The largest absolute Gasteiger partial charge is 0.497 e. The molecule has 1 rings (SSSR count). The Kier molecular flexibility index (Phi) is 3.55. The fourth-order valence-corrected chi connectivity index (χ4v) is 1.43. The minimum atomic E-state index is -1.63. The summed E-state index contributed by atoms with van der Waals surface area (Å²) in [6.07, 6.45) is -1.63. The second kappa shape index (κ2) is 4.51. The third-order valence-corrected chi connectivity index (χ3v) is 2.54. The molecule has 0 amide bonds. The van der Waals surface area contributed by atoms with Crippen LogP contribution in [0.3, 0.4) is 0 Å². The third kappa shape index (κ3) is 2.40. The van der Waals surface area contributed by atoms with Crippen LogP contribution in [0.1, 0.15) is 17.2 Å². The van der Waals surface area contributed by atoms with E-state index in [0.717, 1.165) is 0 Å². The first-order chi connectivity index (χ1) is 6.97. The van der Waals surface area contributed by atoms with Crippen molar-refractivity contribution < 1.29 is 19.7 Å². The van der Waals surface area contributed by atoms with Crippen molar-refractivity contribution in [1.82, 2.24) is 0 Å². The van der Waals surface area contributed by atoms with E-state index >= 15 is 0 Å². The van der Waals surface area contributed by atoms with Gasteiger partial charge in [-0.2, -0.15) is 0 Å². The highest BCUT2D eigenvalue weighted by Gasteiger charge is 2.21. The predicted molar refractivity (Wildman–Crippen MR) is 55.3 cm³/mol. The molecule has 1 aromatic rings. The van der Waals surface area contributed by atoms with E-state index in [-0.39, 0.29) is 10.6 Å². The van der Waals surface area contributed by atoms with E-state index in [9.17, 15) is 9.90 Å². The molecule has 0 heterocycles. The van der Waals surface area contributed by atoms with Gasteiger partial charge in [0.2, 0.25) is 0 Å². The van der Waals surface area contributed by atoms with E-state index < -0.39 is 12.1 Å². The lowest BCUT2D eigenvalue weighted by atomic mass is 10.1. The van der Waals surface area contributed by atoms with Crippen molar-refractivity contribution in [2.45, 2.75) is 13.0 Å². The normalized spacial score (nSPS) is 12.3. The number of aliphatic carboxylic acids is 1. The van der Waals surface area contributed by atoms with Gasteiger partial charge < -0.3 is 14.9 Å². The summed E-state index contributed by atoms with van der Waals surface area (Å²) in [6, 6.07) is 3.08. The van der Waals surface area contributed by atoms with E-state index in [1.54, 1.807) is 13.0 Å². The fourth-order valence-electron chi connectivity index (χ4n) is 1.21. The number of carboxylic acids is 1. The Morgan fingerprint density at radius 1 is 1.53 bits per heavy atom. The molecule has 0 aromatic heterocycles. The van der Waals surface area contributed by atoms with Gasteiger partial charge in [-0.05, 0) is 24.6 Å². The Bertz CT molecular complexity index is 389. The standard InChI is InChI=1S/C10H11ClO4/c1-5-3-6(15-2)4-7(8(5)11)9(12)10(13)14/h3-4,9,12H,1-2H3,(H,13,14). The fraction of sp³-hybridized carbons (Fsp3) is 0.300. The van der Waals surface area contributed by atoms with Crippen LogP contribution in [0.2, 0.25) is 5.02 Å². The van der Waals surface area contributed by atoms with Gasteiger partial charge in [0.1, 0.15) is 5.75 Å². The third-order valence-electron chi connectivity index (χ3n) is 2.02. The zero-order chi connectivity index (χ0) is 11.6. The van der Waals surface area contributed by atoms with Crippen LogP contribution < -0.4 is 4.74 Å². The Hall–Kier alpha value is -1.26. The highest BCUT2D eigenvalue weighted by molar-refractivity contribution is 6.32. The van der Waals surface area contributed by atoms with Gasteiger partial charge in [0.05, 0.1) is 12.1 Å². The molecule has 1 unspecified atom stereocenters. The predicted octanol–water partition coefficient (Wildman–Crippen LogP) is 1.78. The molecule has 2 N–H and O–H groups in total. The van der Waals surface area contributed by atoms with E-state index in [0.29, 0.717) is 11.3 Å². The maximum Gasteiger partial charge on any atom is 0.337 e. The van der Waals surface area contributed by atoms with Crippen molar-refractivity contribution >= 4 is 17.6 Å². The lowest BCUT2D eigenvalue weighted by molar-refractivity contribution is -0.146. The summed E-state index contributed by atoms with van der Waals surface area (Å²) < 4.78 is 4.96. The number of benzene rings is 1. The minimum absolute atomic E-state index is 0.140. The molecule has 0 radical (unpaired) electrons. The van der Waals surface area contributed by atoms with Gasteiger partial charge >= 0.3 is 5.97 Å². The van der Waals surface area contributed by atoms with E-state index in [4.69, 9.17) is 21.4 Å². The first kappa shape index (κ1) is 11.8. The van der Waals surface area contributed by atoms with Crippen LogP contribution in [0, 0.1) is 6.92 Å². The van der Waals surface area contributed by atoms with Gasteiger partial charge in [0, 0.05) is 5.56 Å². The number of aryl methyl sites for hydroxylation is 1. The number of halogens is 1. The van der Waals surface area contributed by atoms with Crippen LogP contribution in [0.25, 0.3) is 0 Å². The lowest BCUT2D eigenvalue weighted by Gasteiger charge is -2.12. The molecule has 5 heteroatoms. The summed E-state index contributed by atoms with van der Waals surface area (Å²) in [7, 11) is 1.46. The number of aliphatic hydroxyl groups excluding tert-OH is 1. The lowest BCUT2D eigenvalue weighted by Crippen LogP contribution is -2.11. The van der Waals surface area contributed by atoms with Crippen molar-refractivity contribution in [1.29, 1.82) is 0 Å². The van der Waals surface area contributed by atoms with Crippen molar-refractivity contribution in [3.63, 3.8) is 0 Å². The quantitative estimate of drug-likeness (QED) is 0.831. The van der Waals surface area contributed by atoms with Crippen LogP contribution in [-0.4, -0.2) is 23.3 Å². The van der Waals surface area contributed by atoms with Crippen molar-refractivity contribution in [3.8, 4) is 5.75 Å². The molecule has 15 heavy (non-hydrogen) atoms. The average Bonchev–Trinajstić information content (AvgIpc) is 2.20. The zero-order valence-electron chi connectivity index (χ0n) is 8.32. The summed E-state index contributed by atoms with van der Waals surface area (Å²) in [4.78, 5) is 10.6. The Morgan fingerprint density at radius 2 is 2.13 bits per heavy atom. The second-order valence-electron chi connectivity index (χ2n) is 3.09. The van der Waals surface area contributed by atoms with Gasteiger partial charge in [0.15, 0.2) is 6.10 Å². The van der Waals surface area contributed by atoms with Crippen molar-refractivity contribution in [3.05, 3.63) is 28.3 Å². The molecule has 0 spiro atoms. The van der Waals surface area contributed by atoms with Gasteiger partial charge in [-0.3, -0.25) is 0 Å². The molecule has 1 aromatic carbocycles. The SMILES string of the molecule is COc1cc(C)c(Cl)c(C(O)C(=O)O)c1. The number of methoxy groups -OCH3 is 1. The molecule has 0 saturated carbocycles. The smallest absolute Gasteiger partial charge is 0.337 e. The van der Waals surface area contributed by atoms with Crippen LogP contribution >= 0.6 is 11.6 Å². The highest BCUT2D eigenvalue weighted by atomic mass is 35.5. The van der Waals surface area contributed by atoms with Crippen LogP contribution in [-0.2, 0) is 4.79 Å². The average molecular weight is 231 g/mol. The summed E-state index contributed by atoms with van der Waals surface area (Å²) in [6.45, 7) is 1.71. The summed E-state index contributed by atoms with van der Waals surface area (Å²) in [5.74, 6) is -0.878. The van der Waals surface area contributed by atoms with Gasteiger partial charge in [-0.15, -0.1) is 0 Å². The zero-order valence-corrected chi connectivity index (χ0v) is 9.08. The molecule has 4 nitrogen and oxygen atoms in total. The molecule has 82 valence electrons. The first-order valence-corrected chi connectivity index (χ1v) is 4.60. The maximum atomic E-state index is 10.6. The monoisotopic (exact) mass is 230 g/mol. The molecule has 0 aliphatic heterocycles. The molecule has 0 aliphatic rings. The summed E-state index contributed by atoms with van der Waals surface area (Å²) >= 11 is 5.88. The number of hydrogen-bond acceptors (Lipinski definition) is 3. The van der Waals surface area contributed by atoms with Crippen LogP contribution in [0.15, 0.2) is 12.1 Å². The highest BCUT2D eigenvalue weighted by Crippen LogP contribution is 2.30. The number of aliphatic hydroxyl groups is 1. The molecule has 0 bridgehead atoms. The van der Waals surface area contributed by atoms with E-state index in [1.165, 1.54) is 13.2 Å². The van der Waals surface area contributed by atoms with E-state index in [1.807, 2.05) is 0 Å². The molecule has 0 fully saturated rings. The molecular formula is C10H11ClO4. The molecular weight excluding hydrogens is 220 g/mol. The van der Waals surface area contributed by atoms with E-state index in [2.05, 4.69) is 0 Å². The summed E-state index contributed by atoms with van der Waals surface area (Å²) in [5, 5.41) is 18.3. The Labute approximate surface area is 92.1 Å². The minimum Gasteiger partial charge on any atom is -0.497 e. The first-order valence-electron chi connectivity index (χ1n) is 4.22. The molecule has 0 saturated heterocycles. The number of ether oxygens (including phenoxy) is 1. The molecule has 0 aliphatic carbocycles. The van der Waals surface area contributed by atoms with Crippen LogP contribution in [0.5, 0.6) is 5.75 Å². The maximum absolute atomic E-state index is 10.6. The van der Waals surface area contributed by atoms with Crippen LogP contribution in [0.4, 0.5) is 0 Å². The number of hydrogen-bond donors (Lipinski definition) is 2.